The molecule has 0 saturated heterocycles. The van der Waals surface area contributed by atoms with Gasteiger partial charge in [0.25, 0.3) is 0 Å². The summed E-state index contributed by atoms with van der Waals surface area (Å²) in [4.78, 5) is 8.38. The fourth-order valence-electron chi connectivity index (χ4n) is 1.92. The number of hydrogen-bond acceptors (Lipinski definition) is 3. The molecule has 0 radical (unpaired) electrons. The van der Waals surface area contributed by atoms with Crippen molar-refractivity contribution >= 4 is 17.4 Å². The molecule has 4 heteroatoms. The summed E-state index contributed by atoms with van der Waals surface area (Å²) in [5, 5.41) is 4.04. The van der Waals surface area contributed by atoms with Crippen molar-refractivity contribution in [3.05, 3.63) is 17.0 Å². The Kier molecular flexibility index (Phi) is 5.69. The SMILES string of the molecule is CCCC(CC)Nc1ncnc(Cl)c1C(C)C. The van der Waals surface area contributed by atoms with E-state index in [1.54, 1.807) is 0 Å². The number of nitrogens with zero attached hydrogens (tertiary/aromatic N) is 2. The Balaban J connectivity index is 2.93. The maximum atomic E-state index is 6.14. The lowest BCUT2D eigenvalue weighted by atomic mass is 10.0. The van der Waals surface area contributed by atoms with Crippen molar-refractivity contribution in [1.82, 2.24) is 9.97 Å². The van der Waals surface area contributed by atoms with E-state index in [9.17, 15) is 0 Å². The molecule has 1 aromatic heterocycles. The van der Waals surface area contributed by atoms with Crippen molar-refractivity contribution < 1.29 is 0 Å². The molecule has 1 aromatic rings. The van der Waals surface area contributed by atoms with Crippen molar-refractivity contribution in [3.63, 3.8) is 0 Å². The van der Waals surface area contributed by atoms with E-state index >= 15 is 0 Å². The number of rotatable bonds is 6. The molecule has 0 amide bonds. The van der Waals surface area contributed by atoms with E-state index in [1.165, 1.54) is 12.7 Å². The molecule has 1 unspecified atom stereocenters. The van der Waals surface area contributed by atoms with Crippen LogP contribution in [0, 0.1) is 0 Å². The van der Waals surface area contributed by atoms with Crippen molar-refractivity contribution in [1.29, 1.82) is 0 Å². The number of halogens is 1. The van der Waals surface area contributed by atoms with E-state index in [0.29, 0.717) is 17.1 Å². The second-order valence-corrected chi connectivity index (χ2v) is 4.98. The molecule has 1 N–H and O–H groups in total. The molecule has 3 nitrogen and oxygen atoms in total. The smallest absolute Gasteiger partial charge is 0.138 e. The molecule has 1 rings (SSSR count). The highest BCUT2D eigenvalue weighted by Crippen LogP contribution is 2.28. The predicted molar refractivity (Wildman–Crippen MR) is 73.7 cm³/mol. The van der Waals surface area contributed by atoms with Crippen LogP contribution in [-0.4, -0.2) is 16.0 Å². The van der Waals surface area contributed by atoms with Crippen LogP contribution in [0.1, 0.15) is 58.4 Å². The highest BCUT2D eigenvalue weighted by molar-refractivity contribution is 6.30. The second kappa shape index (κ2) is 6.80. The summed E-state index contributed by atoms with van der Waals surface area (Å²) >= 11 is 6.14. The van der Waals surface area contributed by atoms with E-state index < -0.39 is 0 Å². The Bertz CT molecular complexity index is 353. The number of nitrogens with one attached hydrogen (secondary N) is 1. The molecular formula is C13H22ClN3. The third-order valence-corrected chi connectivity index (χ3v) is 3.18. The van der Waals surface area contributed by atoms with Gasteiger partial charge in [-0.05, 0) is 18.8 Å². The fraction of sp³-hybridized carbons (Fsp3) is 0.692. The lowest BCUT2D eigenvalue weighted by Gasteiger charge is -2.20. The van der Waals surface area contributed by atoms with Gasteiger partial charge in [0.1, 0.15) is 17.3 Å². The zero-order valence-corrected chi connectivity index (χ0v) is 11.9. The summed E-state index contributed by atoms with van der Waals surface area (Å²) in [5.41, 5.74) is 1.02. The van der Waals surface area contributed by atoms with Crippen LogP contribution in [0.25, 0.3) is 0 Å². The molecule has 0 aliphatic heterocycles. The van der Waals surface area contributed by atoms with Gasteiger partial charge < -0.3 is 5.32 Å². The first-order valence-electron chi connectivity index (χ1n) is 6.37. The summed E-state index contributed by atoms with van der Waals surface area (Å²) in [6, 6.07) is 0.462. The first-order chi connectivity index (χ1) is 8.10. The third-order valence-electron chi connectivity index (χ3n) is 2.88. The minimum Gasteiger partial charge on any atom is -0.367 e. The topological polar surface area (TPSA) is 37.8 Å². The molecule has 0 spiro atoms. The average molecular weight is 256 g/mol. The lowest BCUT2D eigenvalue weighted by molar-refractivity contribution is 0.618. The minimum absolute atomic E-state index is 0.324. The van der Waals surface area contributed by atoms with Crippen LogP contribution in [0.4, 0.5) is 5.82 Å². The largest absolute Gasteiger partial charge is 0.367 e. The quantitative estimate of drug-likeness (QED) is 0.773. The van der Waals surface area contributed by atoms with E-state index in [4.69, 9.17) is 11.6 Å². The lowest BCUT2D eigenvalue weighted by Crippen LogP contribution is -2.20. The Labute approximate surface area is 109 Å². The number of anilines is 1. The molecule has 0 bridgehead atoms. The zero-order chi connectivity index (χ0) is 12.8. The van der Waals surface area contributed by atoms with E-state index in [1.807, 2.05) is 0 Å². The van der Waals surface area contributed by atoms with Crippen molar-refractivity contribution in [2.45, 2.75) is 58.9 Å². The summed E-state index contributed by atoms with van der Waals surface area (Å²) in [6.45, 7) is 8.60. The van der Waals surface area contributed by atoms with E-state index in [2.05, 4.69) is 43.0 Å². The minimum atomic E-state index is 0.324. The molecular weight excluding hydrogens is 234 g/mol. The fourth-order valence-corrected chi connectivity index (χ4v) is 2.27. The predicted octanol–water partition coefficient (Wildman–Crippen LogP) is 4.24. The van der Waals surface area contributed by atoms with Gasteiger partial charge in [-0.15, -0.1) is 0 Å². The van der Waals surface area contributed by atoms with Gasteiger partial charge >= 0.3 is 0 Å². The van der Waals surface area contributed by atoms with Gasteiger partial charge in [-0.3, -0.25) is 0 Å². The van der Waals surface area contributed by atoms with Gasteiger partial charge in [0.15, 0.2) is 0 Å². The second-order valence-electron chi connectivity index (χ2n) is 4.62. The normalized spacial score (nSPS) is 12.8. The highest BCUT2D eigenvalue weighted by Gasteiger charge is 2.15. The first-order valence-corrected chi connectivity index (χ1v) is 6.74. The monoisotopic (exact) mass is 255 g/mol. The van der Waals surface area contributed by atoms with Crippen molar-refractivity contribution in [3.8, 4) is 0 Å². The number of hydrogen-bond donors (Lipinski definition) is 1. The van der Waals surface area contributed by atoms with Crippen molar-refractivity contribution in [2.24, 2.45) is 0 Å². The average Bonchev–Trinajstić information content (AvgIpc) is 2.28. The standard InChI is InChI=1S/C13H22ClN3/c1-5-7-10(6-2)17-13-11(9(3)4)12(14)15-8-16-13/h8-10H,5-7H2,1-4H3,(H,15,16,17). The van der Waals surface area contributed by atoms with Crippen LogP contribution in [-0.2, 0) is 0 Å². The number of aromatic nitrogens is 2. The molecule has 0 aliphatic rings. The van der Waals surface area contributed by atoms with Crippen LogP contribution in [0.2, 0.25) is 5.15 Å². The highest BCUT2D eigenvalue weighted by atomic mass is 35.5. The van der Waals surface area contributed by atoms with Gasteiger partial charge in [-0.25, -0.2) is 9.97 Å². The van der Waals surface area contributed by atoms with Gasteiger partial charge in [-0.2, -0.15) is 0 Å². The summed E-state index contributed by atoms with van der Waals surface area (Å²) in [6.07, 6.45) is 4.93. The van der Waals surface area contributed by atoms with Crippen LogP contribution in [0.15, 0.2) is 6.33 Å². The van der Waals surface area contributed by atoms with Crippen LogP contribution in [0.5, 0.6) is 0 Å². The molecule has 0 fully saturated rings. The van der Waals surface area contributed by atoms with Gasteiger partial charge in [0.05, 0.1) is 0 Å². The summed E-state index contributed by atoms with van der Waals surface area (Å²) < 4.78 is 0. The van der Waals surface area contributed by atoms with Crippen LogP contribution >= 0.6 is 11.6 Å². The molecule has 1 atom stereocenters. The molecule has 17 heavy (non-hydrogen) atoms. The molecule has 1 heterocycles. The maximum absolute atomic E-state index is 6.14. The van der Waals surface area contributed by atoms with E-state index in [-0.39, 0.29) is 0 Å². The Morgan fingerprint density at radius 3 is 2.53 bits per heavy atom. The molecule has 0 aromatic carbocycles. The molecule has 0 saturated carbocycles. The Morgan fingerprint density at radius 2 is 2.00 bits per heavy atom. The summed E-state index contributed by atoms with van der Waals surface area (Å²) in [5.74, 6) is 1.21. The zero-order valence-electron chi connectivity index (χ0n) is 11.1. The van der Waals surface area contributed by atoms with Crippen LogP contribution in [0.3, 0.4) is 0 Å². The Hall–Kier alpha value is -0.830. The maximum Gasteiger partial charge on any atom is 0.138 e. The van der Waals surface area contributed by atoms with Gasteiger partial charge in [0.2, 0.25) is 0 Å². The third kappa shape index (κ3) is 3.84. The summed E-state index contributed by atoms with van der Waals surface area (Å²) in [7, 11) is 0. The van der Waals surface area contributed by atoms with Gasteiger partial charge in [0, 0.05) is 11.6 Å². The molecule has 0 aliphatic carbocycles. The van der Waals surface area contributed by atoms with E-state index in [0.717, 1.165) is 24.2 Å². The molecule has 96 valence electrons. The van der Waals surface area contributed by atoms with Gasteiger partial charge in [-0.1, -0.05) is 45.7 Å². The van der Waals surface area contributed by atoms with Crippen molar-refractivity contribution in [2.75, 3.05) is 5.32 Å². The first kappa shape index (κ1) is 14.2. The Morgan fingerprint density at radius 1 is 1.29 bits per heavy atom. The van der Waals surface area contributed by atoms with Crippen LogP contribution < -0.4 is 5.32 Å².